The molecular weight excluding hydrogens is 439 g/mol. The first-order valence-electron chi connectivity index (χ1n) is 9.98. The summed E-state index contributed by atoms with van der Waals surface area (Å²) in [5.74, 6) is 1.47. The second-order valence-electron chi connectivity index (χ2n) is 7.40. The van der Waals surface area contributed by atoms with Crippen LogP contribution in [0.3, 0.4) is 0 Å². The number of imidazole rings is 1. The molecular formula is C24H21ClF3N3O. The molecule has 0 saturated carbocycles. The maximum atomic E-state index is 13.0. The van der Waals surface area contributed by atoms with Gasteiger partial charge in [0.2, 0.25) is 0 Å². The highest BCUT2D eigenvalue weighted by Crippen LogP contribution is 2.29. The molecule has 1 aromatic heterocycles. The van der Waals surface area contributed by atoms with E-state index in [0.29, 0.717) is 29.4 Å². The number of rotatable bonds is 7. The maximum absolute atomic E-state index is 13.0. The highest BCUT2D eigenvalue weighted by molar-refractivity contribution is 6.30. The van der Waals surface area contributed by atoms with Crippen molar-refractivity contribution in [1.29, 1.82) is 0 Å². The van der Waals surface area contributed by atoms with E-state index in [1.165, 1.54) is 6.07 Å². The number of ether oxygens (including phenoxy) is 1. The van der Waals surface area contributed by atoms with Crippen molar-refractivity contribution in [1.82, 2.24) is 14.9 Å². The molecule has 8 heteroatoms. The van der Waals surface area contributed by atoms with Gasteiger partial charge in [0, 0.05) is 24.2 Å². The SMILES string of the molecule is COc1ccc2c(c1)nc(CNCc1cccc(C(F)(F)F)c1)n2Cc1cccc(Cl)c1. The number of nitrogens with zero attached hydrogens (tertiary/aromatic N) is 2. The monoisotopic (exact) mass is 459 g/mol. The number of methoxy groups -OCH3 is 1. The Hall–Kier alpha value is -3.03. The Kier molecular flexibility index (Phi) is 6.39. The molecule has 4 rings (SSSR count). The molecule has 0 unspecified atom stereocenters. The van der Waals surface area contributed by atoms with Crippen molar-refractivity contribution in [3.63, 3.8) is 0 Å². The fourth-order valence-electron chi connectivity index (χ4n) is 3.59. The first-order chi connectivity index (χ1) is 15.3. The predicted octanol–water partition coefficient (Wildman–Crippen LogP) is 6.06. The van der Waals surface area contributed by atoms with Crippen LogP contribution in [0.15, 0.2) is 66.7 Å². The van der Waals surface area contributed by atoms with E-state index >= 15 is 0 Å². The predicted molar refractivity (Wildman–Crippen MR) is 119 cm³/mol. The zero-order valence-electron chi connectivity index (χ0n) is 17.3. The summed E-state index contributed by atoms with van der Waals surface area (Å²) in [7, 11) is 1.60. The summed E-state index contributed by atoms with van der Waals surface area (Å²) in [5, 5.41) is 3.87. The molecule has 32 heavy (non-hydrogen) atoms. The lowest BCUT2D eigenvalue weighted by atomic mass is 10.1. The molecule has 4 aromatic rings. The largest absolute Gasteiger partial charge is 0.497 e. The van der Waals surface area contributed by atoms with Crippen molar-refractivity contribution in [2.45, 2.75) is 25.8 Å². The van der Waals surface area contributed by atoms with Gasteiger partial charge < -0.3 is 14.6 Å². The molecule has 166 valence electrons. The van der Waals surface area contributed by atoms with Crippen molar-refractivity contribution in [2.75, 3.05) is 7.11 Å². The highest BCUT2D eigenvalue weighted by Gasteiger charge is 2.30. The van der Waals surface area contributed by atoms with Gasteiger partial charge in [0.05, 0.1) is 30.3 Å². The first-order valence-corrected chi connectivity index (χ1v) is 10.4. The van der Waals surface area contributed by atoms with E-state index in [2.05, 4.69) is 9.88 Å². The van der Waals surface area contributed by atoms with Gasteiger partial charge in [0.1, 0.15) is 11.6 Å². The molecule has 1 N–H and O–H groups in total. The minimum Gasteiger partial charge on any atom is -0.497 e. The molecule has 0 saturated heterocycles. The summed E-state index contributed by atoms with van der Waals surface area (Å²) < 4.78 is 46.3. The molecule has 0 atom stereocenters. The van der Waals surface area contributed by atoms with E-state index in [1.54, 1.807) is 13.2 Å². The van der Waals surface area contributed by atoms with Gasteiger partial charge in [-0.15, -0.1) is 0 Å². The number of fused-ring (bicyclic) bond motifs is 1. The Bertz CT molecular complexity index is 1240. The van der Waals surface area contributed by atoms with Crippen LogP contribution >= 0.6 is 11.6 Å². The lowest BCUT2D eigenvalue weighted by Crippen LogP contribution is -2.17. The third-order valence-corrected chi connectivity index (χ3v) is 5.37. The van der Waals surface area contributed by atoms with E-state index in [1.807, 2.05) is 42.5 Å². The van der Waals surface area contributed by atoms with Crippen molar-refractivity contribution in [3.05, 3.63) is 94.3 Å². The molecule has 0 amide bonds. The third-order valence-electron chi connectivity index (χ3n) is 5.13. The lowest BCUT2D eigenvalue weighted by Gasteiger charge is -2.12. The second kappa shape index (κ2) is 9.22. The Morgan fingerprint density at radius 2 is 1.75 bits per heavy atom. The fourth-order valence-corrected chi connectivity index (χ4v) is 3.80. The van der Waals surface area contributed by atoms with Crippen molar-refractivity contribution in [2.24, 2.45) is 0 Å². The fraction of sp³-hybridized carbons (Fsp3) is 0.208. The second-order valence-corrected chi connectivity index (χ2v) is 7.84. The van der Waals surface area contributed by atoms with Crippen LogP contribution in [-0.4, -0.2) is 16.7 Å². The van der Waals surface area contributed by atoms with E-state index in [4.69, 9.17) is 21.3 Å². The van der Waals surface area contributed by atoms with Crippen LogP contribution in [0.5, 0.6) is 5.75 Å². The summed E-state index contributed by atoms with van der Waals surface area (Å²) in [6.45, 7) is 1.23. The summed E-state index contributed by atoms with van der Waals surface area (Å²) in [6.07, 6.45) is -4.36. The number of benzene rings is 3. The molecule has 0 bridgehead atoms. The number of alkyl halides is 3. The average Bonchev–Trinajstić information content (AvgIpc) is 3.09. The molecule has 0 radical (unpaired) electrons. The number of halogens is 4. The third kappa shape index (κ3) is 5.06. The highest BCUT2D eigenvalue weighted by atomic mass is 35.5. The van der Waals surface area contributed by atoms with E-state index < -0.39 is 11.7 Å². The van der Waals surface area contributed by atoms with E-state index in [-0.39, 0.29) is 6.54 Å². The number of hydrogen-bond donors (Lipinski definition) is 1. The van der Waals surface area contributed by atoms with Gasteiger partial charge in [-0.05, 0) is 41.5 Å². The van der Waals surface area contributed by atoms with E-state index in [9.17, 15) is 13.2 Å². The topological polar surface area (TPSA) is 39.1 Å². The Morgan fingerprint density at radius 3 is 2.50 bits per heavy atom. The summed E-state index contributed by atoms with van der Waals surface area (Å²) in [5.41, 5.74) is 2.63. The summed E-state index contributed by atoms with van der Waals surface area (Å²) in [4.78, 5) is 4.74. The number of nitrogens with one attached hydrogen (secondary N) is 1. The lowest BCUT2D eigenvalue weighted by molar-refractivity contribution is -0.137. The smallest absolute Gasteiger partial charge is 0.416 e. The van der Waals surface area contributed by atoms with Crippen LogP contribution in [0.25, 0.3) is 11.0 Å². The van der Waals surface area contributed by atoms with Gasteiger partial charge in [0.15, 0.2) is 0 Å². The van der Waals surface area contributed by atoms with Crippen LogP contribution in [0, 0.1) is 0 Å². The van der Waals surface area contributed by atoms with Crippen LogP contribution in [0.2, 0.25) is 5.02 Å². The Labute approximate surface area is 188 Å². The normalized spacial score (nSPS) is 11.8. The average molecular weight is 460 g/mol. The van der Waals surface area contributed by atoms with Gasteiger partial charge in [-0.25, -0.2) is 4.98 Å². The van der Waals surface area contributed by atoms with Crippen LogP contribution in [-0.2, 0) is 25.8 Å². The van der Waals surface area contributed by atoms with Crippen molar-refractivity contribution in [3.8, 4) is 5.75 Å². The van der Waals surface area contributed by atoms with E-state index in [0.717, 1.165) is 34.6 Å². The minimum absolute atomic E-state index is 0.285. The molecule has 1 heterocycles. The van der Waals surface area contributed by atoms with Gasteiger partial charge in [-0.1, -0.05) is 41.9 Å². The quantitative estimate of drug-likeness (QED) is 0.365. The Balaban J connectivity index is 1.58. The van der Waals surface area contributed by atoms with Gasteiger partial charge in [-0.3, -0.25) is 0 Å². The molecule has 3 aromatic carbocycles. The molecule has 0 aliphatic rings. The van der Waals surface area contributed by atoms with Crippen molar-refractivity contribution < 1.29 is 17.9 Å². The number of aromatic nitrogens is 2. The van der Waals surface area contributed by atoms with Gasteiger partial charge >= 0.3 is 6.18 Å². The zero-order chi connectivity index (χ0) is 22.7. The van der Waals surface area contributed by atoms with Gasteiger partial charge in [0.25, 0.3) is 0 Å². The van der Waals surface area contributed by atoms with Gasteiger partial charge in [-0.2, -0.15) is 13.2 Å². The first kappa shape index (κ1) is 22.2. The van der Waals surface area contributed by atoms with Crippen LogP contribution < -0.4 is 10.1 Å². The molecule has 0 aliphatic heterocycles. The molecule has 4 nitrogen and oxygen atoms in total. The maximum Gasteiger partial charge on any atom is 0.416 e. The number of hydrogen-bond acceptors (Lipinski definition) is 3. The standard InChI is InChI=1S/C24H21ClF3N3O/c1-32-20-8-9-22-21(12-20)30-23(31(22)15-17-5-3-7-19(25)11-17)14-29-13-16-4-2-6-18(10-16)24(26,27)28/h2-12,29H,13-15H2,1H3. The molecule has 0 fully saturated rings. The van der Waals surface area contributed by atoms with Crippen LogP contribution in [0.4, 0.5) is 13.2 Å². The molecule has 0 spiro atoms. The summed E-state index contributed by atoms with van der Waals surface area (Å²) in [6, 6.07) is 18.6. The summed E-state index contributed by atoms with van der Waals surface area (Å²) >= 11 is 6.15. The van der Waals surface area contributed by atoms with Crippen molar-refractivity contribution >= 4 is 22.6 Å². The zero-order valence-corrected chi connectivity index (χ0v) is 18.0. The molecule has 0 aliphatic carbocycles. The minimum atomic E-state index is -4.36. The Morgan fingerprint density at radius 1 is 0.969 bits per heavy atom. The van der Waals surface area contributed by atoms with Crippen LogP contribution in [0.1, 0.15) is 22.5 Å².